The van der Waals surface area contributed by atoms with Crippen molar-refractivity contribution >= 4 is 40.8 Å². The summed E-state index contributed by atoms with van der Waals surface area (Å²) in [5.74, 6) is -0.447. The van der Waals surface area contributed by atoms with Gasteiger partial charge in [0.05, 0.1) is 36.1 Å². The number of nitrogens with zero attached hydrogens (tertiary/aromatic N) is 2. The number of nitrogen functional groups attached to an aromatic ring is 1. The van der Waals surface area contributed by atoms with Crippen LogP contribution in [0.2, 0.25) is 0 Å². The lowest BCUT2D eigenvalue weighted by Gasteiger charge is -2.38. The number of aliphatic hydroxyl groups excluding tert-OH is 1. The van der Waals surface area contributed by atoms with Crippen molar-refractivity contribution < 1.29 is 29.0 Å². The molecule has 0 fully saturated rings. The fraction of sp³-hybridized carbons (Fsp3) is 0.515. The van der Waals surface area contributed by atoms with Crippen LogP contribution in [0.5, 0.6) is 5.75 Å². The molecule has 3 atom stereocenters. The highest BCUT2D eigenvalue weighted by Gasteiger charge is 2.34. The largest absolute Gasteiger partial charge is 0.487 e. The number of anilines is 3. The van der Waals surface area contributed by atoms with Crippen molar-refractivity contribution in [2.24, 2.45) is 5.92 Å². The number of nitrogens with two attached hydrogens (primary N) is 1. The van der Waals surface area contributed by atoms with Crippen LogP contribution in [0.1, 0.15) is 70.2 Å². The predicted octanol–water partition coefficient (Wildman–Crippen LogP) is 4.07. The molecule has 0 unspecified atom stereocenters. The summed E-state index contributed by atoms with van der Waals surface area (Å²) in [4.78, 5) is 54.4. The second-order valence-corrected chi connectivity index (χ2v) is 12.1. The first-order valence-electron chi connectivity index (χ1n) is 15.6. The molecule has 12 heteroatoms. The summed E-state index contributed by atoms with van der Waals surface area (Å²) < 4.78 is 6.34. The maximum atomic E-state index is 13.7. The molecule has 0 saturated carbocycles. The minimum atomic E-state index is -0.445. The van der Waals surface area contributed by atoms with E-state index in [1.807, 2.05) is 20.8 Å². The van der Waals surface area contributed by atoms with E-state index in [0.29, 0.717) is 55.0 Å². The van der Waals surface area contributed by atoms with E-state index in [9.17, 15) is 24.3 Å². The Morgan fingerprint density at radius 2 is 1.71 bits per heavy atom. The molecule has 1 heterocycles. The summed E-state index contributed by atoms with van der Waals surface area (Å²) in [5, 5.41) is 18.4. The van der Waals surface area contributed by atoms with Gasteiger partial charge in [-0.3, -0.25) is 14.4 Å². The van der Waals surface area contributed by atoms with E-state index in [4.69, 9.17) is 10.5 Å². The third kappa shape index (κ3) is 10.4. The Hall–Kier alpha value is -4.32. The molecule has 2 aromatic carbocycles. The van der Waals surface area contributed by atoms with Crippen molar-refractivity contribution in [2.75, 3.05) is 43.1 Å². The fourth-order valence-corrected chi connectivity index (χ4v) is 5.02. The molecule has 3 rings (SSSR count). The molecule has 45 heavy (non-hydrogen) atoms. The number of hydrogen-bond acceptors (Lipinski definition) is 7. The molecule has 0 bridgehead atoms. The van der Waals surface area contributed by atoms with E-state index in [-0.39, 0.29) is 60.8 Å². The van der Waals surface area contributed by atoms with E-state index >= 15 is 0 Å². The number of carbonyl (C=O) groups excluding carboxylic acids is 4. The molecule has 0 aliphatic carbocycles. The summed E-state index contributed by atoms with van der Waals surface area (Å²) in [6.45, 7) is 7.89. The lowest BCUT2D eigenvalue weighted by atomic mass is 9.99. The number of urea groups is 1. The van der Waals surface area contributed by atoms with Crippen LogP contribution in [0, 0.1) is 5.92 Å². The van der Waals surface area contributed by atoms with Crippen LogP contribution in [0.3, 0.4) is 0 Å². The van der Waals surface area contributed by atoms with E-state index in [1.165, 1.54) is 0 Å². The fourth-order valence-electron chi connectivity index (χ4n) is 5.02. The molecule has 246 valence electrons. The third-order valence-electron chi connectivity index (χ3n) is 7.70. The highest BCUT2D eigenvalue weighted by atomic mass is 16.5. The molecule has 5 amide bonds. The van der Waals surface area contributed by atoms with Gasteiger partial charge in [0, 0.05) is 44.1 Å². The molecule has 2 aromatic rings. The SMILES string of the molecule is CC(C)NC(=O)N(C)C[C@@H]1Oc2ccc(NC(=O)CCCCCC(=O)Nc3ccccc3N)cc2C(=O)N([C@@H](C)CO)C[C@@H]1C. The summed E-state index contributed by atoms with van der Waals surface area (Å²) in [5.41, 5.74) is 7.68. The Bertz CT molecular complexity index is 1330. The number of aliphatic hydroxyl groups is 1. The normalized spacial score (nSPS) is 17.0. The molecule has 1 aliphatic heterocycles. The van der Waals surface area contributed by atoms with Crippen LogP contribution < -0.4 is 26.4 Å². The van der Waals surface area contributed by atoms with Gasteiger partial charge in [-0.25, -0.2) is 4.79 Å². The number of unbranched alkanes of at least 4 members (excludes halogenated alkanes) is 2. The zero-order valence-corrected chi connectivity index (χ0v) is 27.0. The quantitative estimate of drug-likeness (QED) is 0.165. The predicted molar refractivity (Wildman–Crippen MR) is 175 cm³/mol. The van der Waals surface area contributed by atoms with Gasteiger partial charge in [-0.05, 0) is 63.9 Å². The topological polar surface area (TPSA) is 166 Å². The van der Waals surface area contributed by atoms with Crippen molar-refractivity contribution in [1.82, 2.24) is 15.1 Å². The molecule has 0 saturated heterocycles. The molecular formula is C33H48N6O6. The van der Waals surface area contributed by atoms with Gasteiger partial charge in [-0.1, -0.05) is 25.5 Å². The minimum absolute atomic E-state index is 0.0183. The maximum absolute atomic E-state index is 13.7. The zero-order valence-electron chi connectivity index (χ0n) is 27.0. The molecule has 0 radical (unpaired) electrons. The standard InChI is InChI=1S/C33H48N6O6/c1-21(2)35-33(44)38(5)19-29-22(3)18-39(23(4)20-40)32(43)25-17-24(15-16-28(25)45-29)36-30(41)13-7-6-8-14-31(42)37-27-12-10-9-11-26(27)34/h9-12,15-17,21-23,29,40H,6-8,13-14,18-20,34H2,1-5H3,(H,35,44)(H,36,41)(H,37,42)/t22-,23-,29-/m0/s1. The van der Waals surface area contributed by atoms with Gasteiger partial charge in [0.2, 0.25) is 11.8 Å². The molecule has 1 aliphatic rings. The van der Waals surface area contributed by atoms with Gasteiger partial charge in [0.1, 0.15) is 11.9 Å². The Morgan fingerprint density at radius 1 is 1.04 bits per heavy atom. The van der Waals surface area contributed by atoms with Crippen LogP contribution in [-0.4, -0.2) is 83.6 Å². The van der Waals surface area contributed by atoms with Crippen LogP contribution >= 0.6 is 0 Å². The highest BCUT2D eigenvalue weighted by molar-refractivity contribution is 6.00. The van der Waals surface area contributed by atoms with Crippen molar-refractivity contribution in [3.05, 3.63) is 48.0 Å². The summed E-state index contributed by atoms with van der Waals surface area (Å²) in [6.07, 6.45) is 2.07. The van der Waals surface area contributed by atoms with Crippen molar-refractivity contribution in [2.45, 2.75) is 78.0 Å². The minimum Gasteiger partial charge on any atom is -0.487 e. The lowest BCUT2D eigenvalue weighted by molar-refractivity contribution is -0.116. The van der Waals surface area contributed by atoms with Crippen molar-refractivity contribution in [1.29, 1.82) is 0 Å². The number of ether oxygens (including phenoxy) is 1. The van der Waals surface area contributed by atoms with Crippen molar-refractivity contribution in [3.8, 4) is 5.75 Å². The summed E-state index contributed by atoms with van der Waals surface area (Å²) >= 11 is 0. The third-order valence-corrected chi connectivity index (χ3v) is 7.70. The maximum Gasteiger partial charge on any atom is 0.317 e. The second kappa shape index (κ2) is 16.7. The van der Waals surface area contributed by atoms with E-state index in [1.54, 1.807) is 66.2 Å². The number of benzene rings is 2. The molecule has 0 aromatic heterocycles. The molecular weight excluding hydrogens is 576 g/mol. The average Bonchev–Trinajstić information content (AvgIpc) is 2.99. The average molecular weight is 625 g/mol. The molecule has 0 spiro atoms. The zero-order chi connectivity index (χ0) is 33.1. The number of carbonyl (C=O) groups is 4. The Labute approximate surface area is 265 Å². The van der Waals surface area contributed by atoms with Crippen LogP contribution in [0.25, 0.3) is 0 Å². The van der Waals surface area contributed by atoms with Gasteiger partial charge in [-0.15, -0.1) is 0 Å². The number of amides is 5. The number of rotatable bonds is 13. The first kappa shape index (κ1) is 35.2. The Morgan fingerprint density at radius 3 is 2.36 bits per heavy atom. The van der Waals surface area contributed by atoms with Gasteiger partial charge in [-0.2, -0.15) is 0 Å². The number of hydrogen-bond donors (Lipinski definition) is 5. The first-order valence-corrected chi connectivity index (χ1v) is 15.6. The number of likely N-dealkylation sites (N-methyl/N-ethyl adjacent to an activating group) is 1. The second-order valence-electron chi connectivity index (χ2n) is 12.1. The molecule has 6 N–H and O–H groups in total. The molecule has 12 nitrogen and oxygen atoms in total. The van der Waals surface area contributed by atoms with Gasteiger partial charge in [0.15, 0.2) is 0 Å². The van der Waals surface area contributed by atoms with Gasteiger partial charge >= 0.3 is 6.03 Å². The van der Waals surface area contributed by atoms with Gasteiger partial charge in [0.25, 0.3) is 5.91 Å². The van der Waals surface area contributed by atoms with E-state index < -0.39 is 12.1 Å². The number of nitrogens with one attached hydrogen (secondary N) is 3. The Kier molecular flexibility index (Phi) is 13.0. The smallest absolute Gasteiger partial charge is 0.317 e. The van der Waals surface area contributed by atoms with Crippen LogP contribution in [-0.2, 0) is 9.59 Å². The van der Waals surface area contributed by atoms with E-state index in [2.05, 4.69) is 16.0 Å². The number of fused-ring (bicyclic) bond motifs is 1. The summed E-state index contributed by atoms with van der Waals surface area (Å²) in [7, 11) is 1.70. The lowest BCUT2D eigenvalue weighted by Crippen LogP contribution is -2.51. The first-order chi connectivity index (χ1) is 21.4. The highest BCUT2D eigenvalue weighted by Crippen LogP contribution is 2.31. The van der Waals surface area contributed by atoms with E-state index in [0.717, 1.165) is 0 Å². The summed E-state index contributed by atoms with van der Waals surface area (Å²) in [6, 6.07) is 11.3. The van der Waals surface area contributed by atoms with Crippen LogP contribution in [0.4, 0.5) is 21.9 Å². The van der Waals surface area contributed by atoms with Crippen molar-refractivity contribution in [3.63, 3.8) is 0 Å². The van der Waals surface area contributed by atoms with Gasteiger partial charge < -0.3 is 41.3 Å². The Balaban J connectivity index is 1.62. The van der Waals surface area contributed by atoms with Crippen LogP contribution in [0.15, 0.2) is 42.5 Å². The monoisotopic (exact) mass is 624 g/mol. The number of para-hydroxylation sites is 2.